The Bertz CT molecular complexity index is 904. The van der Waals surface area contributed by atoms with Gasteiger partial charge in [-0.05, 0) is 38.1 Å². The lowest BCUT2D eigenvalue weighted by Gasteiger charge is -2.09. The van der Waals surface area contributed by atoms with Crippen molar-refractivity contribution < 1.29 is 13.5 Å². The summed E-state index contributed by atoms with van der Waals surface area (Å²) in [5, 5.41) is 0. The van der Waals surface area contributed by atoms with Crippen LogP contribution in [-0.4, -0.2) is 16.7 Å². The van der Waals surface area contributed by atoms with Crippen LogP contribution in [0.25, 0.3) is 22.4 Å². The van der Waals surface area contributed by atoms with Crippen molar-refractivity contribution in [1.29, 1.82) is 0 Å². The molecule has 3 aromatic rings. The summed E-state index contributed by atoms with van der Waals surface area (Å²) in [7, 11) is 1.55. The van der Waals surface area contributed by atoms with E-state index < -0.39 is 11.6 Å². The van der Waals surface area contributed by atoms with Gasteiger partial charge in [0.2, 0.25) is 0 Å². The van der Waals surface area contributed by atoms with Crippen molar-refractivity contribution in [1.82, 2.24) is 9.55 Å². The molecule has 0 bridgehead atoms. The lowest BCUT2D eigenvalue weighted by atomic mass is 10.2. The quantitative estimate of drug-likeness (QED) is 0.633. The molecule has 3 nitrogen and oxygen atoms in total. The van der Waals surface area contributed by atoms with Gasteiger partial charge < -0.3 is 9.30 Å². The van der Waals surface area contributed by atoms with E-state index in [0.717, 1.165) is 11.1 Å². The molecular formula is C19H18F2N2O. The summed E-state index contributed by atoms with van der Waals surface area (Å²) in [4.78, 5) is 4.48. The molecule has 0 aliphatic heterocycles. The molecule has 0 spiro atoms. The molecule has 3 rings (SSSR count). The van der Waals surface area contributed by atoms with Gasteiger partial charge in [-0.2, -0.15) is 0 Å². The first-order valence-corrected chi connectivity index (χ1v) is 7.64. The van der Waals surface area contributed by atoms with Gasteiger partial charge in [-0.1, -0.05) is 23.8 Å². The molecule has 0 unspecified atom stereocenters. The van der Waals surface area contributed by atoms with Crippen LogP contribution in [0.5, 0.6) is 5.75 Å². The number of aromatic nitrogens is 2. The van der Waals surface area contributed by atoms with E-state index in [-0.39, 0.29) is 11.4 Å². The fourth-order valence-corrected chi connectivity index (χ4v) is 2.65. The third kappa shape index (κ3) is 2.77. The molecule has 0 saturated carbocycles. The smallest absolute Gasteiger partial charge is 0.147 e. The van der Waals surface area contributed by atoms with E-state index in [0.29, 0.717) is 17.8 Å². The molecule has 0 aliphatic rings. The molecule has 5 heteroatoms. The van der Waals surface area contributed by atoms with Gasteiger partial charge in [0, 0.05) is 6.54 Å². The normalized spacial score (nSPS) is 10.9. The number of ether oxygens (including phenoxy) is 1. The van der Waals surface area contributed by atoms with Crippen LogP contribution in [0.3, 0.4) is 0 Å². The molecule has 1 heterocycles. The maximum absolute atomic E-state index is 14.3. The van der Waals surface area contributed by atoms with Gasteiger partial charge in [-0.15, -0.1) is 0 Å². The van der Waals surface area contributed by atoms with E-state index >= 15 is 0 Å². The number of imidazole rings is 1. The molecule has 0 aliphatic carbocycles. The fourth-order valence-electron chi connectivity index (χ4n) is 2.65. The number of para-hydroxylation sites is 1. The SMILES string of the molecule is COc1cccc2c1nc(-c1c(F)cccc1F)n2CC=C(C)C. The van der Waals surface area contributed by atoms with Crippen molar-refractivity contribution >= 4 is 11.0 Å². The van der Waals surface area contributed by atoms with Gasteiger partial charge in [0.15, 0.2) is 0 Å². The van der Waals surface area contributed by atoms with Gasteiger partial charge in [0.05, 0.1) is 18.2 Å². The number of rotatable bonds is 4. The molecule has 2 aromatic carbocycles. The van der Waals surface area contributed by atoms with Crippen LogP contribution in [0.4, 0.5) is 8.78 Å². The third-order valence-corrected chi connectivity index (χ3v) is 3.83. The van der Waals surface area contributed by atoms with Crippen LogP contribution in [0.2, 0.25) is 0 Å². The van der Waals surface area contributed by atoms with E-state index in [1.165, 1.54) is 18.2 Å². The molecule has 0 saturated heterocycles. The van der Waals surface area contributed by atoms with Crippen molar-refractivity contribution in [3.8, 4) is 17.1 Å². The standard InChI is InChI=1S/C19H18F2N2O/c1-12(2)10-11-23-15-8-5-9-16(24-3)18(15)22-19(23)17-13(20)6-4-7-14(17)21/h4-10H,11H2,1-3H3. The number of nitrogens with zero attached hydrogens (tertiary/aromatic N) is 2. The van der Waals surface area contributed by atoms with E-state index in [9.17, 15) is 8.78 Å². The lowest BCUT2D eigenvalue weighted by Crippen LogP contribution is -2.02. The molecule has 0 atom stereocenters. The van der Waals surface area contributed by atoms with Crippen LogP contribution in [0.1, 0.15) is 13.8 Å². The highest BCUT2D eigenvalue weighted by Gasteiger charge is 2.20. The Balaban J connectivity index is 2.34. The summed E-state index contributed by atoms with van der Waals surface area (Å²) in [5.41, 5.74) is 2.34. The van der Waals surface area contributed by atoms with Gasteiger partial charge in [-0.25, -0.2) is 13.8 Å². The first-order valence-electron chi connectivity index (χ1n) is 7.64. The number of allylic oxidation sites excluding steroid dienone is 2. The number of fused-ring (bicyclic) bond motifs is 1. The molecular weight excluding hydrogens is 310 g/mol. The second-order valence-corrected chi connectivity index (χ2v) is 5.75. The zero-order chi connectivity index (χ0) is 17.3. The van der Waals surface area contributed by atoms with E-state index in [1.807, 2.05) is 32.1 Å². The molecule has 0 amide bonds. The summed E-state index contributed by atoms with van der Waals surface area (Å²) in [6.07, 6.45) is 1.99. The first-order chi connectivity index (χ1) is 11.5. The Hall–Kier alpha value is -2.69. The van der Waals surface area contributed by atoms with Crippen molar-refractivity contribution in [2.45, 2.75) is 20.4 Å². The highest BCUT2D eigenvalue weighted by atomic mass is 19.1. The minimum atomic E-state index is -0.636. The largest absolute Gasteiger partial charge is 0.494 e. The maximum Gasteiger partial charge on any atom is 0.147 e. The molecule has 24 heavy (non-hydrogen) atoms. The van der Waals surface area contributed by atoms with Crippen molar-refractivity contribution in [3.05, 3.63) is 59.7 Å². The minimum absolute atomic E-state index is 0.127. The van der Waals surface area contributed by atoms with Gasteiger partial charge >= 0.3 is 0 Å². The zero-order valence-electron chi connectivity index (χ0n) is 13.8. The zero-order valence-corrected chi connectivity index (χ0v) is 13.8. The molecule has 1 aromatic heterocycles. The highest BCUT2D eigenvalue weighted by Crippen LogP contribution is 2.32. The molecule has 0 radical (unpaired) electrons. The van der Waals surface area contributed by atoms with E-state index in [2.05, 4.69) is 4.98 Å². The van der Waals surface area contributed by atoms with E-state index in [1.54, 1.807) is 17.7 Å². The van der Waals surface area contributed by atoms with Crippen LogP contribution < -0.4 is 4.74 Å². The lowest BCUT2D eigenvalue weighted by molar-refractivity contribution is 0.419. The third-order valence-electron chi connectivity index (χ3n) is 3.83. The van der Waals surface area contributed by atoms with Crippen molar-refractivity contribution in [2.75, 3.05) is 7.11 Å². The van der Waals surface area contributed by atoms with E-state index in [4.69, 9.17) is 4.74 Å². The summed E-state index contributed by atoms with van der Waals surface area (Å²) in [5.74, 6) is -0.450. The molecule has 0 fully saturated rings. The number of hydrogen-bond acceptors (Lipinski definition) is 2. The maximum atomic E-state index is 14.3. The summed E-state index contributed by atoms with van der Waals surface area (Å²) in [6, 6.07) is 9.30. The first kappa shape index (κ1) is 16.2. The number of halogens is 2. The Morgan fingerprint density at radius 1 is 1.12 bits per heavy atom. The van der Waals surface area contributed by atoms with Gasteiger partial charge in [0.1, 0.15) is 28.7 Å². The van der Waals surface area contributed by atoms with Gasteiger partial charge in [0.25, 0.3) is 0 Å². The molecule has 0 N–H and O–H groups in total. The summed E-state index contributed by atoms with van der Waals surface area (Å²) < 4.78 is 35.7. The summed E-state index contributed by atoms with van der Waals surface area (Å²) >= 11 is 0. The number of benzene rings is 2. The predicted octanol–water partition coefficient (Wildman–Crippen LogP) is 4.96. The second kappa shape index (κ2) is 6.43. The predicted molar refractivity (Wildman–Crippen MR) is 91.1 cm³/mol. The average molecular weight is 328 g/mol. The summed E-state index contributed by atoms with van der Waals surface area (Å²) in [6.45, 7) is 4.42. The van der Waals surface area contributed by atoms with Crippen LogP contribution in [-0.2, 0) is 6.54 Å². The fraction of sp³-hybridized carbons (Fsp3) is 0.211. The highest BCUT2D eigenvalue weighted by molar-refractivity contribution is 5.86. The van der Waals surface area contributed by atoms with Crippen molar-refractivity contribution in [3.63, 3.8) is 0 Å². The molecule has 124 valence electrons. The second-order valence-electron chi connectivity index (χ2n) is 5.75. The van der Waals surface area contributed by atoms with Crippen LogP contribution in [0.15, 0.2) is 48.0 Å². The van der Waals surface area contributed by atoms with Gasteiger partial charge in [-0.3, -0.25) is 0 Å². The monoisotopic (exact) mass is 328 g/mol. The Labute approximate surface area is 139 Å². The number of hydrogen-bond donors (Lipinski definition) is 0. The average Bonchev–Trinajstić information content (AvgIpc) is 2.91. The number of methoxy groups -OCH3 is 1. The van der Waals surface area contributed by atoms with Crippen LogP contribution in [0, 0.1) is 11.6 Å². The van der Waals surface area contributed by atoms with Crippen molar-refractivity contribution in [2.24, 2.45) is 0 Å². The Morgan fingerprint density at radius 2 is 1.79 bits per heavy atom. The Kier molecular flexibility index (Phi) is 4.34. The van der Waals surface area contributed by atoms with Crippen LogP contribution >= 0.6 is 0 Å². The minimum Gasteiger partial charge on any atom is -0.494 e. The Morgan fingerprint density at radius 3 is 2.42 bits per heavy atom. The topological polar surface area (TPSA) is 27.1 Å².